The van der Waals surface area contributed by atoms with E-state index in [-0.39, 0.29) is 11.2 Å². The van der Waals surface area contributed by atoms with Crippen LogP contribution in [0, 0.1) is 0 Å². The van der Waals surface area contributed by atoms with E-state index in [1.54, 1.807) is 18.9 Å². The molecule has 2 heterocycles. The highest BCUT2D eigenvalue weighted by atomic mass is 32.2. The van der Waals surface area contributed by atoms with E-state index in [9.17, 15) is 4.79 Å². The van der Waals surface area contributed by atoms with Crippen LogP contribution in [0.3, 0.4) is 0 Å². The van der Waals surface area contributed by atoms with Crippen molar-refractivity contribution >= 4 is 34.9 Å². The van der Waals surface area contributed by atoms with Gasteiger partial charge in [-0.05, 0) is 18.6 Å². The molecule has 2 rings (SSSR count). The monoisotopic (exact) mass is 288 g/mol. The molecule has 2 saturated heterocycles. The molecule has 0 aromatic rings. The molecule has 102 valence electrons. The number of likely N-dealkylation sites (tertiary alicyclic amines) is 1. The van der Waals surface area contributed by atoms with E-state index in [1.807, 2.05) is 4.90 Å². The third kappa shape index (κ3) is 2.65. The maximum absolute atomic E-state index is 12.3. The van der Waals surface area contributed by atoms with Crippen molar-refractivity contribution in [1.82, 2.24) is 4.90 Å². The van der Waals surface area contributed by atoms with Crippen molar-refractivity contribution in [3.8, 4) is 0 Å². The van der Waals surface area contributed by atoms with Gasteiger partial charge in [0.1, 0.15) is 10.6 Å². The van der Waals surface area contributed by atoms with Gasteiger partial charge in [0.25, 0.3) is 0 Å². The first-order chi connectivity index (χ1) is 8.59. The predicted octanol–water partition coefficient (Wildman–Crippen LogP) is 1.18. The number of thiocarbonyl (C=S) groups is 1. The van der Waals surface area contributed by atoms with Crippen LogP contribution in [0.1, 0.15) is 25.7 Å². The van der Waals surface area contributed by atoms with Gasteiger partial charge in [0.2, 0.25) is 5.91 Å². The molecule has 2 fully saturated rings. The number of nitrogens with zero attached hydrogens (tertiary/aromatic N) is 1. The minimum atomic E-state index is -0.505. The summed E-state index contributed by atoms with van der Waals surface area (Å²) >= 11 is 6.87. The first-order valence-electron chi connectivity index (χ1n) is 6.34. The van der Waals surface area contributed by atoms with Crippen molar-refractivity contribution in [1.29, 1.82) is 0 Å². The van der Waals surface area contributed by atoms with E-state index in [0.29, 0.717) is 30.9 Å². The second kappa shape index (κ2) is 5.75. The van der Waals surface area contributed by atoms with Crippen LogP contribution >= 0.6 is 24.0 Å². The lowest BCUT2D eigenvalue weighted by atomic mass is 9.91. The average molecular weight is 288 g/mol. The van der Waals surface area contributed by atoms with Crippen molar-refractivity contribution in [2.75, 3.05) is 26.0 Å². The summed E-state index contributed by atoms with van der Waals surface area (Å²) in [6, 6.07) is 0. The normalized spacial score (nSPS) is 27.2. The minimum absolute atomic E-state index is 0.171. The number of carbonyl (C=O) groups excluding carboxylic acids is 1. The molecule has 1 atom stereocenters. The Hall–Kier alpha value is -0.330. The topological polar surface area (TPSA) is 55.6 Å². The van der Waals surface area contributed by atoms with Gasteiger partial charge in [-0.2, -0.15) is 0 Å². The Kier molecular flexibility index (Phi) is 4.50. The molecule has 1 amide bonds. The number of rotatable bonds is 3. The Morgan fingerprint density at radius 1 is 1.50 bits per heavy atom. The predicted molar refractivity (Wildman–Crippen MR) is 77.8 cm³/mol. The first-order valence-corrected chi connectivity index (χ1v) is 7.80. The molecule has 2 aliphatic heterocycles. The molecule has 0 aliphatic carbocycles. The van der Waals surface area contributed by atoms with Gasteiger partial charge in [-0.15, -0.1) is 11.8 Å². The lowest BCUT2D eigenvalue weighted by Gasteiger charge is -2.40. The van der Waals surface area contributed by atoms with Gasteiger partial charge < -0.3 is 15.4 Å². The van der Waals surface area contributed by atoms with Crippen LogP contribution in [0.5, 0.6) is 0 Å². The summed E-state index contributed by atoms with van der Waals surface area (Å²) in [7, 11) is 1.64. The maximum atomic E-state index is 12.3. The van der Waals surface area contributed by atoms with Crippen LogP contribution in [0.15, 0.2) is 0 Å². The van der Waals surface area contributed by atoms with Crippen LogP contribution in [0.25, 0.3) is 0 Å². The average Bonchev–Trinajstić information content (AvgIpc) is 2.91. The molecule has 0 bridgehead atoms. The molecular weight excluding hydrogens is 268 g/mol. The summed E-state index contributed by atoms with van der Waals surface area (Å²) in [5.74, 6) is 1.39. The first kappa shape index (κ1) is 14.1. The second-order valence-electron chi connectivity index (χ2n) is 4.89. The van der Waals surface area contributed by atoms with Crippen LogP contribution in [0.2, 0.25) is 0 Å². The smallest absolute Gasteiger partial charge is 0.235 e. The molecule has 18 heavy (non-hydrogen) atoms. The molecule has 6 heteroatoms. The highest BCUT2D eigenvalue weighted by molar-refractivity contribution is 8.00. The van der Waals surface area contributed by atoms with E-state index in [4.69, 9.17) is 22.7 Å². The second-order valence-corrected chi connectivity index (χ2v) is 6.64. The Balaban J connectivity index is 1.93. The number of thioether (sulfide) groups is 1. The highest BCUT2D eigenvalue weighted by Crippen LogP contribution is 2.31. The Labute approximate surface area is 118 Å². The van der Waals surface area contributed by atoms with Gasteiger partial charge in [-0.3, -0.25) is 4.79 Å². The summed E-state index contributed by atoms with van der Waals surface area (Å²) in [5, 5.41) is 0.171. The van der Waals surface area contributed by atoms with Crippen LogP contribution in [-0.4, -0.2) is 52.6 Å². The van der Waals surface area contributed by atoms with Crippen LogP contribution in [-0.2, 0) is 9.53 Å². The van der Waals surface area contributed by atoms with Gasteiger partial charge in [-0.1, -0.05) is 12.2 Å². The number of methoxy groups -OCH3 is 1. The molecule has 0 aromatic carbocycles. The number of hydrogen-bond acceptors (Lipinski definition) is 4. The number of carbonyl (C=O) groups is 1. The number of nitrogens with two attached hydrogens (primary N) is 1. The van der Waals surface area contributed by atoms with Gasteiger partial charge in [0.05, 0.1) is 5.25 Å². The fourth-order valence-electron chi connectivity index (χ4n) is 2.62. The summed E-state index contributed by atoms with van der Waals surface area (Å²) in [6.45, 7) is 1.39. The van der Waals surface area contributed by atoms with E-state index < -0.39 is 5.60 Å². The standard InChI is InChI=1S/C12H20N2O2S2/c1-16-12(11(13)17)4-6-14(7-5-12)10(15)9-3-2-8-18-9/h9H,2-8H2,1H3,(H2,13,17). The van der Waals surface area contributed by atoms with E-state index in [2.05, 4.69) is 0 Å². The molecule has 0 spiro atoms. The van der Waals surface area contributed by atoms with Crippen molar-refractivity contribution in [3.05, 3.63) is 0 Å². The molecule has 0 radical (unpaired) electrons. The zero-order chi connectivity index (χ0) is 13.2. The molecule has 0 aromatic heterocycles. The molecule has 2 aliphatic rings. The largest absolute Gasteiger partial charge is 0.391 e. The SMILES string of the molecule is COC1(C(N)=S)CCN(C(=O)C2CCCS2)CC1. The maximum Gasteiger partial charge on any atom is 0.235 e. The van der Waals surface area contributed by atoms with Crippen molar-refractivity contribution in [3.63, 3.8) is 0 Å². The number of ether oxygens (including phenoxy) is 1. The fraction of sp³-hybridized carbons (Fsp3) is 0.833. The minimum Gasteiger partial charge on any atom is -0.391 e. The fourth-order valence-corrected chi connectivity index (χ4v) is 4.15. The highest BCUT2D eigenvalue weighted by Gasteiger charge is 2.40. The molecule has 0 saturated carbocycles. The Morgan fingerprint density at radius 3 is 2.61 bits per heavy atom. The molecular formula is C12H20N2O2S2. The summed E-state index contributed by atoms with van der Waals surface area (Å²) in [4.78, 5) is 14.6. The zero-order valence-corrected chi connectivity index (χ0v) is 12.3. The number of hydrogen-bond donors (Lipinski definition) is 1. The summed E-state index contributed by atoms with van der Waals surface area (Å²) in [6.07, 6.45) is 3.60. The van der Waals surface area contributed by atoms with Crippen molar-refractivity contribution in [2.45, 2.75) is 36.5 Å². The molecule has 2 N–H and O–H groups in total. The quantitative estimate of drug-likeness (QED) is 0.790. The van der Waals surface area contributed by atoms with Crippen molar-refractivity contribution < 1.29 is 9.53 Å². The lowest BCUT2D eigenvalue weighted by Crippen LogP contribution is -2.54. The third-order valence-corrected chi connectivity index (χ3v) is 5.66. The van der Waals surface area contributed by atoms with Crippen molar-refractivity contribution in [2.24, 2.45) is 5.73 Å². The van der Waals surface area contributed by atoms with Gasteiger partial charge >= 0.3 is 0 Å². The van der Waals surface area contributed by atoms with Gasteiger partial charge in [0, 0.05) is 33.0 Å². The van der Waals surface area contributed by atoms with E-state index in [0.717, 1.165) is 18.6 Å². The van der Waals surface area contributed by atoms with E-state index >= 15 is 0 Å². The lowest BCUT2D eigenvalue weighted by molar-refractivity contribution is -0.133. The van der Waals surface area contributed by atoms with Gasteiger partial charge in [-0.25, -0.2) is 0 Å². The van der Waals surface area contributed by atoms with Crippen LogP contribution < -0.4 is 5.73 Å². The van der Waals surface area contributed by atoms with Gasteiger partial charge in [0.15, 0.2) is 0 Å². The third-order valence-electron chi connectivity index (χ3n) is 3.93. The Morgan fingerprint density at radius 2 is 2.17 bits per heavy atom. The number of amides is 1. The number of piperidine rings is 1. The molecule has 4 nitrogen and oxygen atoms in total. The zero-order valence-electron chi connectivity index (χ0n) is 10.7. The Bertz CT molecular complexity index is 335. The van der Waals surface area contributed by atoms with Crippen LogP contribution in [0.4, 0.5) is 0 Å². The summed E-state index contributed by atoms with van der Waals surface area (Å²) < 4.78 is 5.48. The summed E-state index contributed by atoms with van der Waals surface area (Å²) in [5.41, 5.74) is 5.25. The van der Waals surface area contributed by atoms with E-state index in [1.165, 1.54) is 0 Å². The molecule has 1 unspecified atom stereocenters.